The van der Waals surface area contributed by atoms with Crippen LogP contribution in [0.1, 0.15) is 19.8 Å². The molecule has 0 aliphatic rings. The van der Waals surface area contributed by atoms with E-state index in [2.05, 4.69) is 0 Å². The predicted octanol–water partition coefficient (Wildman–Crippen LogP) is 2.24. The molecule has 2 unspecified atom stereocenters. The van der Waals surface area contributed by atoms with Gasteiger partial charge in [-0.15, -0.1) is 0 Å². The van der Waals surface area contributed by atoms with Gasteiger partial charge in [-0.1, -0.05) is 30.3 Å². The smallest absolute Gasteiger partial charge is 0.189 e. The highest BCUT2D eigenvalue weighted by molar-refractivity contribution is 5.88. The highest BCUT2D eigenvalue weighted by atomic mass is 16.5. The highest BCUT2D eigenvalue weighted by Gasteiger charge is 2.21. The van der Waals surface area contributed by atoms with E-state index in [1.807, 2.05) is 42.5 Å². The van der Waals surface area contributed by atoms with Gasteiger partial charge in [0.15, 0.2) is 11.9 Å². The lowest BCUT2D eigenvalue weighted by atomic mass is 10.0. The summed E-state index contributed by atoms with van der Waals surface area (Å²) < 4.78 is 5.72. The molecule has 4 nitrogen and oxygen atoms in total. The molecule has 0 fully saturated rings. The van der Waals surface area contributed by atoms with E-state index in [0.29, 0.717) is 18.7 Å². The number of benzene rings is 2. The van der Waals surface area contributed by atoms with Gasteiger partial charge in [-0.25, -0.2) is 0 Å². The molecule has 0 aliphatic carbocycles. The average molecular weight is 286 g/mol. The van der Waals surface area contributed by atoms with Gasteiger partial charge in [0, 0.05) is 0 Å². The first-order chi connectivity index (χ1) is 10.1. The van der Waals surface area contributed by atoms with Crippen molar-refractivity contribution >= 4 is 16.6 Å². The molecule has 0 spiro atoms. The summed E-state index contributed by atoms with van der Waals surface area (Å²) in [4.78, 5) is 12.1. The Morgan fingerprint density at radius 1 is 1.19 bits per heavy atom. The van der Waals surface area contributed by atoms with Crippen LogP contribution in [0.3, 0.4) is 0 Å². The SMILES string of the molecule is CC(Oc1ccc2ccccc2c1)C(=O)C(N)CCCN. The summed E-state index contributed by atoms with van der Waals surface area (Å²) in [6, 6.07) is 13.3. The third kappa shape index (κ3) is 4.03. The number of rotatable bonds is 7. The van der Waals surface area contributed by atoms with Crippen molar-refractivity contribution in [2.75, 3.05) is 6.54 Å². The minimum Gasteiger partial charge on any atom is -0.483 e. The minimum atomic E-state index is -0.557. The van der Waals surface area contributed by atoms with Crippen LogP contribution in [0, 0.1) is 0 Å². The van der Waals surface area contributed by atoms with E-state index in [0.717, 1.165) is 17.2 Å². The van der Waals surface area contributed by atoms with E-state index in [4.69, 9.17) is 16.2 Å². The molecule has 21 heavy (non-hydrogen) atoms. The molecule has 2 aromatic rings. The van der Waals surface area contributed by atoms with Crippen molar-refractivity contribution in [2.45, 2.75) is 31.9 Å². The molecule has 0 bridgehead atoms. The van der Waals surface area contributed by atoms with Crippen molar-refractivity contribution in [3.05, 3.63) is 42.5 Å². The van der Waals surface area contributed by atoms with Crippen LogP contribution in [0.2, 0.25) is 0 Å². The number of ketones is 1. The minimum absolute atomic E-state index is 0.0865. The number of ether oxygens (including phenoxy) is 1. The topological polar surface area (TPSA) is 78.3 Å². The fraction of sp³-hybridized carbons (Fsp3) is 0.353. The summed E-state index contributed by atoms with van der Waals surface area (Å²) in [5, 5.41) is 2.23. The third-order valence-electron chi connectivity index (χ3n) is 3.52. The molecule has 2 aromatic carbocycles. The van der Waals surface area contributed by atoms with Crippen molar-refractivity contribution in [1.29, 1.82) is 0 Å². The number of Topliss-reactive ketones (excluding diaryl/α,β-unsaturated/α-hetero) is 1. The Morgan fingerprint density at radius 3 is 2.62 bits per heavy atom. The van der Waals surface area contributed by atoms with Crippen molar-refractivity contribution in [3.8, 4) is 5.75 Å². The Balaban J connectivity index is 2.03. The first kappa shape index (κ1) is 15.5. The van der Waals surface area contributed by atoms with Gasteiger partial charge in [0.2, 0.25) is 0 Å². The quantitative estimate of drug-likeness (QED) is 0.818. The van der Waals surface area contributed by atoms with Crippen LogP contribution in [0.25, 0.3) is 10.8 Å². The number of fused-ring (bicyclic) bond motifs is 1. The maximum atomic E-state index is 12.1. The van der Waals surface area contributed by atoms with Crippen LogP contribution >= 0.6 is 0 Å². The van der Waals surface area contributed by atoms with Gasteiger partial charge in [0.1, 0.15) is 5.75 Å². The lowest BCUT2D eigenvalue weighted by Crippen LogP contribution is -2.40. The Morgan fingerprint density at radius 2 is 1.90 bits per heavy atom. The van der Waals surface area contributed by atoms with Gasteiger partial charge in [-0.05, 0) is 49.2 Å². The standard InChI is InChI=1S/C17H22N2O2/c1-12(17(20)16(19)7-4-10-18)21-15-9-8-13-5-2-3-6-14(13)11-15/h2-3,5-6,8-9,11-12,16H,4,7,10,18-19H2,1H3. The van der Waals surface area contributed by atoms with E-state index >= 15 is 0 Å². The summed E-state index contributed by atoms with van der Waals surface area (Å²) >= 11 is 0. The Hall–Kier alpha value is -1.91. The second-order valence-corrected chi connectivity index (χ2v) is 5.21. The molecule has 2 atom stereocenters. The largest absolute Gasteiger partial charge is 0.483 e. The number of hydrogen-bond donors (Lipinski definition) is 2. The normalized spacial score (nSPS) is 13.9. The molecule has 0 saturated carbocycles. The molecule has 0 aromatic heterocycles. The van der Waals surface area contributed by atoms with Gasteiger partial charge in [0.25, 0.3) is 0 Å². The van der Waals surface area contributed by atoms with E-state index in [1.54, 1.807) is 6.92 Å². The zero-order valence-electron chi connectivity index (χ0n) is 12.3. The number of hydrogen-bond acceptors (Lipinski definition) is 4. The van der Waals surface area contributed by atoms with Crippen molar-refractivity contribution in [1.82, 2.24) is 0 Å². The van der Waals surface area contributed by atoms with Gasteiger partial charge in [-0.3, -0.25) is 4.79 Å². The molecule has 0 saturated heterocycles. The predicted molar refractivity (Wildman–Crippen MR) is 85.3 cm³/mol. The molecule has 112 valence electrons. The maximum absolute atomic E-state index is 12.1. The summed E-state index contributed by atoms with van der Waals surface area (Å²) in [6.45, 7) is 2.28. The van der Waals surface area contributed by atoms with Crippen LogP contribution in [-0.4, -0.2) is 24.5 Å². The number of carbonyl (C=O) groups excluding carboxylic acids is 1. The molecule has 0 heterocycles. The van der Waals surface area contributed by atoms with Crippen LogP contribution in [0.5, 0.6) is 5.75 Å². The monoisotopic (exact) mass is 286 g/mol. The molecular weight excluding hydrogens is 264 g/mol. The van der Waals surface area contributed by atoms with E-state index in [-0.39, 0.29) is 5.78 Å². The van der Waals surface area contributed by atoms with E-state index in [1.165, 1.54) is 0 Å². The second-order valence-electron chi connectivity index (χ2n) is 5.21. The zero-order valence-corrected chi connectivity index (χ0v) is 12.3. The first-order valence-corrected chi connectivity index (χ1v) is 7.26. The van der Waals surface area contributed by atoms with Crippen LogP contribution in [0.4, 0.5) is 0 Å². The lowest BCUT2D eigenvalue weighted by molar-refractivity contribution is -0.126. The summed E-state index contributed by atoms with van der Waals surface area (Å²) in [7, 11) is 0. The second kappa shape index (κ2) is 7.20. The summed E-state index contributed by atoms with van der Waals surface area (Å²) in [5.41, 5.74) is 11.3. The van der Waals surface area contributed by atoms with Gasteiger partial charge < -0.3 is 16.2 Å². The molecule has 2 rings (SSSR count). The van der Waals surface area contributed by atoms with Crippen molar-refractivity contribution in [3.63, 3.8) is 0 Å². The summed E-state index contributed by atoms with van der Waals surface area (Å²) in [5.74, 6) is 0.595. The Bertz CT molecular complexity index is 613. The van der Waals surface area contributed by atoms with Crippen molar-refractivity contribution in [2.24, 2.45) is 11.5 Å². The zero-order chi connectivity index (χ0) is 15.2. The first-order valence-electron chi connectivity index (χ1n) is 7.26. The van der Waals surface area contributed by atoms with Crippen LogP contribution in [0.15, 0.2) is 42.5 Å². The Labute approximate surface area is 125 Å². The maximum Gasteiger partial charge on any atom is 0.189 e. The van der Waals surface area contributed by atoms with Crippen molar-refractivity contribution < 1.29 is 9.53 Å². The van der Waals surface area contributed by atoms with E-state index in [9.17, 15) is 4.79 Å². The highest BCUT2D eigenvalue weighted by Crippen LogP contribution is 2.21. The fourth-order valence-corrected chi connectivity index (χ4v) is 2.28. The molecule has 4 heteroatoms. The molecule has 4 N–H and O–H groups in total. The average Bonchev–Trinajstić information content (AvgIpc) is 2.51. The van der Waals surface area contributed by atoms with Crippen LogP contribution in [-0.2, 0) is 4.79 Å². The summed E-state index contributed by atoms with van der Waals surface area (Å²) in [6.07, 6.45) is 0.787. The van der Waals surface area contributed by atoms with Gasteiger partial charge in [0.05, 0.1) is 6.04 Å². The number of nitrogens with two attached hydrogens (primary N) is 2. The van der Waals surface area contributed by atoms with Gasteiger partial charge >= 0.3 is 0 Å². The molecule has 0 amide bonds. The van der Waals surface area contributed by atoms with E-state index < -0.39 is 12.1 Å². The number of carbonyl (C=O) groups is 1. The Kier molecular flexibility index (Phi) is 5.31. The fourth-order valence-electron chi connectivity index (χ4n) is 2.28. The molecule has 0 aliphatic heterocycles. The third-order valence-corrected chi connectivity index (χ3v) is 3.52. The van der Waals surface area contributed by atoms with Crippen LogP contribution < -0.4 is 16.2 Å². The van der Waals surface area contributed by atoms with Gasteiger partial charge in [-0.2, -0.15) is 0 Å². The lowest BCUT2D eigenvalue weighted by Gasteiger charge is -2.18. The molecular formula is C17H22N2O2. The molecule has 0 radical (unpaired) electrons.